The van der Waals surface area contributed by atoms with Gasteiger partial charge in [0.25, 0.3) is 5.67 Å². The molecule has 3 fully saturated rings. The van der Waals surface area contributed by atoms with Crippen molar-refractivity contribution in [2.24, 2.45) is 17.8 Å². The van der Waals surface area contributed by atoms with Gasteiger partial charge in [-0.15, -0.1) is 0 Å². The molecule has 13 atom stereocenters. The van der Waals surface area contributed by atoms with E-state index in [0.29, 0.717) is 25.8 Å². The number of ether oxygens (including phenoxy) is 5. The molecule has 5 heterocycles. The highest BCUT2D eigenvalue weighted by Gasteiger charge is 2.61. The molecule has 5 rings (SSSR count). The zero-order valence-electron chi connectivity index (χ0n) is 36.4. The van der Waals surface area contributed by atoms with Crippen molar-refractivity contribution in [3.63, 3.8) is 0 Å². The fourth-order valence-electron chi connectivity index (χ4n) is 9.43. The van der Waals surface area contributed by atoms with E-state index >= 15 is 4.39 Å². The number of cyclic esters (lactones) is 1. The number of hydrogen-bond acceptors (Lipinski definition) is 13. The molecule has 16 heteroatoms. The summed E-state index contributed by atoms with van der Waals surface area (Å²) < 4.78 is 49.4. The third-order valence-corrected chi connectivity index (χ3v) is 12.8. The van der Waals surface area contributed by atoms with E-state index in [-0.39, 0.29) is 37.3 Å². The SMILES string of the molecule is CCC1OC(=O)[C@@](C)(F)C(=O)[C@H](C)[C@@H](O[C@@H]2O[C@H](C)C[C@H](N(C)C)[C@H]2O)[C@](C)(OC)C[C@@H](C)C(=O)[C@H](C)[C@H]2N(CCCCn3cnc(-c4cccnc4)c3)C(=O)O[C@]12C. The van der Waals surface area contributed by atoms with E-state index in [1.807, 2.05) is 48.8 Å². The quantitative estimate of drug-likeness (QED) is 0.182. The van der Waals surface area contributed by atoms with Gasteiger partial charge in [0, 0.05) is 68.1 Å². The van der Waals surface area contributed by atoms with Crippen LogP contribution >= 0.6 is 0 Å². The van der Waals surface area contributed by atoms with Crippen molar-refractivity contribution >= 4 is 23.6 Å². The van der Waals surface area contributed by atoms with Crippen LogP contribution in [0.1, 0.15) is 87.5 Å². The van der Waals surface area contributed by atoms with E-state index < -0.39 is 83.1 Å². The maximum Gasteiger partial charge on any atom is 0.410 e. The summed E-state index contributed by atoms with van der Waals surface area (Å²) in [4.78, 5) is 68.7. The summed E-state index contributed by atoms with van der Waals surface area (Å²) in [5.41, 5.74) is -4.53. The second-order valence-corrected chi connectivity index (χ2v) is 17.5. The average Bonchev–Trinajstić information content (AvgIpc) is 3.78. The Labute approximate surface area is 347 Å². The zero-order chi connectivity index (χ0) is 43.6. The molecule has 0 bridgehead atoms. The van der Waals surface area contributed by atoms with Gasteiger partial charge in [-0.25, -0.2) is 19.0 Å². The molecule has 59 heavy (non-hydrogen) atoms. The molecule has 3 saturated heterocycles. The summed E-state index contributed by atoms with van der Waals surface area (Å²) >= 11 is 0. The Hall–Kier alpha value is -3.83. The zero-order valence-corrected chi connectivity index (χ0v) is 36.4. The molecule has 0 saturated carbocycles. The number of esters is 1. The van der Waals surface area contributed by atoms with E-state index in [1.165, 1.54) is 18.9 Å². The van der Waals surface area contributed by atoms with Crippen molar-refractivity contribution in [1.82, 2.24) is 24.3 Å². The Morgan fingerprint density at radius 3 is 2.37 bits per heavy atom. The number of ketones is 2. The predicted octanol–water partition coefficient (Wildman–Crippen LogP) is 5.02. The lowest BCUT2D eigenvalue weighted by Crippen LogP contribution is -2.61. The van der Waals surface area contributed by atoms with Gasteiger partial charge in [0.2, 0.25) is 0 Å². The van der Waals surface area contributed by atoms with Crippen molar-refractivity contribution < 1.29 is 52.4 Å². The second-order valence-electron chi connectivity index (χ2n) is 17.5. The molecule has 328 valence electrons. The minimum Gasteiger partial charge on any atom is -0.455 e. The highest BCUT2D eigenvalue weighted by molar-refractivity contribution is 6.08. The van der Waals surface area contributed by atoms with Crippen LogP contribution in [0.2, 0.25) is 0 Å². The minimum absolute atomic E-state index is 0.000728. The number of carbonyl (C=O) groups is 4. The fraction of sp³-hybridized carbons (Fsp3) is 0.721. The van der Waals surface area contributed by atoms with Gasteiger partial charge in [-0.2, -0.15) is 0 Å². The molecule has 2 aromatic heterocycles. The number of unbranched alkanes of at least 4 members (excludes halogenated alkanes) is 1. The molecular weight excluding hydrogens is 765 g/mol. The van der Waals surface area contributed by atoms with E-state index in [0.717, 1.165) is 18.2 Å². The number of aromatic nitrogens is 3. The number of aryl methyl sites for hydroxylation is 1. The van der Waals surface area contributed by atoms with E-state index in [2.05, 4.69) is 9.97 Å². The number of fused-ring (bicyclic) bond motifs is 1. The van der Waals surface area contributed by atoms with Crippen molar-refractivity contribution in [1.29, 1.82) is 0 Å². The monoisotopic (exact) mass is 829 g/mol. The fourth-order valence-corrected chi connectivity index (χ4v) is 9.43. The number of likely N-dealkylation sites (N-methyl/N-ethyl adjacent to an activating group) is 1. The Morgan fingerprint density at radius 1 is 1.05 bits per heavy atom. The maximum absolute atomic E-state index is 16.9. The number of amides is 1. The van der Waals surface area contributed by atoms with Crippen LogP contribution in [-0.4, -0.2) is 140 Å². The molecule has 15 nitrogen and oxygen atoms in total. The van der Waals surface area contributed by atoms with Crippen molar-refractivity contribution in [2.45, 2.75) is 154 Å². The van der Waals surface area contributed by atoms with Crippen LogP contribution in [0.15, 0.2) is 37.1 Å². The first kappa shape index (κ1) is 46.2. The molecule has 1 amide bonds. The lowest BCUT2D eigenvalue weighted by molar-refractivity contribution is -0.295. The van der Waals surface area contributed by atoms with Gasteiger partial charge < -0.3 is 43.2 Å². The Balaban J connectivity index is 1.46. The largest absolute Gasteiger partial charge is 0.455 e. The number of aliphatic hydroxyl groups excluding tert-OH is 1. The summed E-state index contributed by atoms with van der Waals surface area (Å²) in [6.07, 6.45) is 2.93. The molecule has 3 aliphatic rings. The number of hydrogen-bond donors (Lipinski definition) is 1. The number of methoxy groups -OCH3 is 1. The molecule has 2 aromatic rings. The molecule has 0 radical (unpaired) electrons. The van der Waals surface area contributed by atoms with Gasteiger partial charge >= 0.3 is 12.1 Å². The van der Waals surface area contributed by atoms with Crippen molar-refractivity contribution in [2.75, 3.05) is 27.7 Å². The van der Waals surface area contributed by atoms with Gasteiger partial charge in [0.1, 0.15) is 18.0 Å². The normalized spacial score (nSPS) is 37.6. The van der Waals surface area contributed by atoms with Crippen LogP contribution in [0.25, 0.3) is 11.3 Å². The number of imidazole rings is 1. The first-order valence-electron chi connectivity index (χ1n) is 20.8. The van der Waals surface area contributed by atoms with Gasteiger partial charge in [-0.3, -0.25) is 14.6 Å². The smallest absolute Gasteiger partial charge is 0.410 e. The summed E-state index contributed by atoms with van der Waals surface area (Å²) in [5, 5.41) is 11.4. The maximum atomic E-state index is 16.9. The van der Waals surface area contributed by atoms with Gasteiger partial charge in [0.15, 0.2) is 17.7 Å². The highest BCUT2D eigenvalue weighted by atomic mass is 19.1. The number of pyridine rings is 1. The number of Topliss-reactive ketones (excluding diaryl/α,β-unsaturated/α-hetero) is 2. The number of alkyl halides is 1. The summed E-state index contributed by atoms with van der Waals surface area (Å²) in [7, 11) is 5.05. The topological polar surface area (TPSA) is 172 Å². The lowest BCUT2D eigenvalue weighted by Gasteiger charge is -2.47. The molecule has 0 aliphatic carbocycles. The van der Waals surface area contributed by atoms with Gasteiger partial charge in [-0.1, -0.05) is 27.7 Å². The first-order valence-corrected chi connectivity index (χ1v) is 20.8. The number of aliphatic hydroxyl groups is 1. The van der Waals surface area contributed by atoms with Crippen LogP contribution in [0.4, 0.5) is 9.18 Å². The minimum atomic E-state index is -3.18. The molecule has 0 spiro atoms. The summed E-state index contributed by atoms with van der Waals surface area (Å²) in [6.45, 7) is 13.4. The second kappa shape index (κ2) is 18.4. The van der Waals surface area contributed by atoms with Crippen LogP contribution in [0, 0.1) is 17.8 Å². The molecule has 3 aliphatic heterocycles. The van der Waals surface area contributed by atoms with Crippen LogP contribution in [0.3, 0.4) is 0 Å². The first-order chi connectivity index (χ1) is 27.7. The molecule has 0 aromatic carbocycles. The van der Waals surface area contributed by atoms with Crippen LogP contribution in [0.5, 0.6) is 0 Å². The van der Waals surface area contributed by atoms with Crippen molar-refractivity contribution in [3.05, 3.63) is 37.1 Å². The molecular formula is C43H64FN5O10. The third kappa shape index (κ3) is 9.41. The van der Waals surface area contributed by atoms with E-state index in [4.69, 9.17) is 23.7 Å². The lowest BCUT2D eigenvalue weighted by atomic mass is 9.73. The number of rotatable bonds is 11. The standard InChI is InChI=1S/C43H64FN5O10/c1-12-32-43(8)35(49(40(54)59-43)19-14-13-18-48-23-30(46-24-48)29-16-15-17-45-22-29)27(4)33(50)25(2)21-41(6,55-11)37(28(5)36(52)42(7,44)39(53)57-32)58-38-34(51)31(47(9)10)20-26(3)56-38/h15-17,22-28,31-32,34-35,37-38,51H,12-14,18-21H2,1-11H3/t25-,26-,27+,28+,31+,32?,34-,35-,37-,38+,41-,42+,43-/m1/s1. The highest BCUT2D eigenvalue weighted by Crippen LogP contribution is 2.43. The van der Waals surface area contributed by atoms with Crippen LogP contribution < -0.4 is 0 Å². The van der Waals surface area contributed by atoms with Crippen molar-refractivity contribution in [3.8, 4) is 11.3 Å². The summed E-state index contributed by atoms with van der Waals surface area (Å²) in [5.74, 6) is -5.78. The predicted molar refractivity (Wildman–Crippen MR) is 215 cm³/mol. The van der Waals surface area contributed by atoms with Gasteiger partial charge in [0.05, 0.1) is 35.9 Å². The third-order valence-electron chi connectivity index (χ3n) is 12.8. The van der Waals surface area contributed by atoms with E-state index in [9.17, 15) is 24.3 Å². The number of nitrogens with zero attached hydrogens (tertiary/aromatic N) is 5. The Bertz CT molecular complexity index is 1790. The number of halogens is 1. The summed E-state index contributed by atoms with van der Waals surface area (Å²) in [6, 6.07) is 2.49. The Morgan fingerprint density at radius 2 is 1.75 bits per heavy atom. The van der Waals surface area contributed by atoms with Gasteiger partial charge in [-0.05, 0) is 86.0 Å². The Kier molecular flexibility index (Phi) is 14.4. The molecule has 1 N–H and O–H groups in total. The van der Waals surface area contributed by atoms with Crippen LogP contribution in [-0.2, 0) is 44.6 Å². The average molecular weight is 830 g/mol. The van der Waals surface area contributed by atoms with E-state index in [1.54, 1.807) is 53.3 Å². The number of carbonyl (C=O) groups excluding carboxylic acids is 4. The molecule has 1 unspecified atom stereocenters.